The van der Waals surface area contributed by atoms with Crippen LogP contribution in [0.4, 0.5) is 0 Å². The normalized spacial score (nSPS) is 20.8. The minimum Gasteiger partial charge on any atom is -0.287 e. The van der Waals surface area contributed by atoms with Gasteiger partial charge in [0.05, 0.1) is 6.17 Å². The van der Waals surface area contributed by atoms with E-state index in [1.165, 1.54) is 44.6 Å². The first-order valence-electron chi connectivity index (χ1n) is 7.21. The maximum atomic E-state index is 2.64. The molecule has 0 spiro atoms. The molecule has 2 nitrogen and oxygen atoms in total. The van der Waals surface area contributed by atoms with E-state index in [9.17, 15) is 0 Å². The summed E-state index contributed by atoms with van der Waals surface area (Å²) in [6.45, 7) is 16.3. The lowest BCUT2D eigenvalue weighted by atomic mass is 10.00. The third kappa shape index (κ3) is 4.11. The quantitative estimate of drug-likeness (QED) is 0.655. The molecular formula is C15H30N2. The Bertz CT molecular complexity index is 231. The number of nitrogens with zero attached hydrogens (tertiary/aromatic N) is 2. The molecule has 1 aliphatic rings. The molecule has 1 fully saturated rings. The van der Waals surface area contributed by atoms with Crippen molar-refractivity contribution < 1.29 is 0 Å². The highest BCUT2D eigenvalue weighted by atomic mass is 15.4. The number of likely N-dealkylation sites (N-methyl/N-ethyl adjacent to an activating group) is 2. The number of hydrogen-bond acceptors (Lipinski definition) is 2. The van der Waals surface area contributed by atoms with Crippen molar-refractivity contribution in [3.63, 3.8) is 0 Å². The average Bonchev–Trinajstić information content (AvgIpc) is 2.70. The van der Waals surface area contributed by atoms with Crippen LogP contribution in [0.15, 0.2) is 11.6 Å². The molecule has 1 aliphatic heterocycles. The van der Waals surface area contributed by atoms with Crippen LogP contribution in [-0.2, 0) is 0 Å². The fraction of sp³-hybridized carbons (Fsp3) is 0.867. The van der Waals surface area contributed by atoms with Gasteiger partial charge in [0.1, 0.15) is 0 Å². The lowest BCUT2D eigenvalue weighted by Crippen LogP contribution is -2.43. The van der Waals surface area contributed by atoms with Crippen LogP contribution in [0, 0.1) is 5.92 Å². The van der Waals surface area contributed by atoms with Gasteiger partial charge in [-0.1, -0.05) is 32.4 Å². The van der Waals surface area contributed by atoms with Crippen molar-refractivity contribution in [3.8, 4) is 0 Å². The Hall–Kier alpha value is -0.340. The highest BCUT2D eigenvalue weighted by molar-refractivity contribution is 4.94. The number of rotatable bonds is 6. The predicted octanol–water partition coefficient (Wildman–Crippen LogP) is 3.35. The lowest BCUT2D eigenvalue weighted by molar-refractivity contribution is 0.0897. The molecule has 0 radical (unpaired) electrons. The third-order valence-electron chi connectivity index (χ3n) is 3.92. The Kier molecular flexibility index (Phi) is 6.21. The minimum atomic E-state index is 0.676. The molecule has 1 rings (SSSR count). The number of hydrogen-bond donors (Lipinski definition) is 0. The van der Waals surface area contributed by atoms with E-state index >= 15 is 0 Å². The Morgan fingerprint density at radius 2 is 1.71 bits per heavy atom. The molecule has 0 aromatic rings. The van der Waals surface area contributed by atoms with Gasteiger partial charge in [-0.15, -0.1) is 0 Å². The van der Waals surface area contributed by atoms with E-state index in [1.807, 2.05) is 0 Å². The first-order valence-corrected chi connectivity index (χ1v) is 7.21. The monoisotopic (exact) mass is 238 g/mol. The standard InChI is InChI=1S/C15H30N2/c1-6-16-11-12-17(7-2)15(16)14(5)10-8-9-13(3)4/h9,14-15H,6-8,10-12H2,1-5H3. The Balaban J connectivity index is 2.51. The summed E-state index contributed by atoms with van der Waals surface area (Å²) in [6, 6.07) is 0. The van der Waals surface area contributed by atoms with Gasteiger partial charge in [-0.25, -0.2) is 0 Å². The van der Waals surface area contributed by atoms with Gasteiger partial charge < -0.3 is 0 Å². The van der Waals surface area contributed by atoms with Crippen molar-refractivity contribution in [1.29, 1.82) is 0 Å². The van der Waals surface area contributed by atoms with Gasteiger partial charge in [-0.2, -0.15) is 0 Å². The summed E-state index contributed by atoms with van der Waals surface area (Å²) in [5.41, 5.74) is 1.45. The molecule has 0 bridgehead atoms. The second kappa shape index (κ2) is 7.17. The molecular weight excluding hydrogens is 208 g/mol. The molecule has 0 amide bonds. The molecule has 1 saturated heterocycles. The molecule has 100 valence electrons. The summed E-state index contributed by atoms with van der Waals surface area (Å²) in [5.74, 6) is 0.771. The van der Waals surface area contributed by atoms with Crippen molar-refractivity contribution in [2.45, 2.75) is 53.6 Å². The molecule has 0 aliphatic carbocycles. The summed E-state index contributed by atoms with van der Waals surface area (Å²) in [6.07, 6.45) is 5.59. The van der Waals surface area contributed by atoms with Gasteiger partial charge >= 0.3 is 0 Å². The van der Waals surface area contributed by atoms with Crippen LogP contribution in [0.1, 0.15) is 47.5 Å². The van der Waals surface area contributed by atoms with Gasteiger partial charge in [-0.3, -0.25) is 9.80 Å². The van der Waals surface area contributed by atoms with Crippen LogP contribution in [0.5, 0.6) is 0 Å². The summed E-state index contributed by atoms with van der Waals surface area (Å²) in [7, 11) is 0. The van der Waals surface area contributed by atoms with E-state index in [0.717, 1.165) is 5.92 Å². The fourth-order valence-electron chi connectivity index (χ4n) is 2.95. The van der Waals surface area contributed by atoms with Crippen LogP contribution in [0.2, 0.25) is 0 Å². The predicted molar refractivity (Wildman–Crippen MR) is 76.1 cm³/mol. The topological polar surface area (TPSA) is 6.48 Å². The van der Waals surface area contributed by atoms with Gasteiger partial charge in [-0.05, 0) is 45.7 Å². The van der Waals surface area contributed by atoms with Gasteiger partial charge in [0, 0.05) is 13.1 Å². The summed E-state index contributed by atoms with van der Waals surface area (Å²) < 4.78 is 0. The highest BCUT2D eigenvalue weighted by Crippen LogP contribution is 2.24. The van der Waals surface area contributed by atoms with Gasteiger partial charge in [0.15, 0.2) is 0 Å². The van der Waals surface area contributed by atoms with Crippen molar-refractivity contribution in [2.75, 3.05) is 26.2 Å². The smallest absolute Gasteiger partial charge is 0.0649 e. The van der Waals surface area contributed by atoms with Crippen molar-refractivity contribution in [3.05, 3.63) is 11.6 Å². The first-order chi connectivity index (χ1) is 8.10. The molecule has 1 unspecified atom stereocenters. The van der Waals surface area contributed by atoms with Crippen LogP contribution < -0.4 is 0 Å². The molecule has 1 heterocycles. The Morgan fingerprint density at radius 3 is 2.12 bits per heavy atom. The molecule has 0 saturated carbocycles. The van der Waals surface area contributed by atoms with Crippen molar-refractivity contribution in [1.82, 2.24) is 9.80 Å². The second-order valence-corrected chi connectivity index (χ2v) is 5.51. The lowest BCUT2D eigenvalue weighted by Gasteiger charge is -2.34. The zero-order chi connectivity index (χ0) is 12.8. The second-order valence-electron chi connectivity index (χ2n) is 5.51. The Morgan fingerprint density at radius 1 is 1.18 bits per heavy atom. The van der Waals surface area contributed by atoms with E-state index in [-0.39, 0.29) is 0 Å². The van der Waals surface area contributed by atoms with Crippen LogP contribution >= 0.6 is 0 Å². The van der Waals surface area contributed by atoms with Crippen LogP contribution in [0.3, 0.4) is 0 Å². The third-order valence-corrected chi connectivity index (χ3v) is 3.92. The molecule has 2 heteroatoms. The van der Waals surface area contributed by atoms with Gasteiger partial charge in [0.2, 0.25) is 0 Å². The zero-order valence-corrected chi connectivity index (χ0v) is 12.4. The van der Waals surface area contributed by atoms with E-state index in [0.29, 0.717) is 6.17 Å². The van der Waals surface area contributed by atoms with E-state index in [2.05, 4.69) is 50.5 Å². The molecule has 1 atom stereocenters. The van der Waals surface area contributed by atoms with E-state index in [4.69, 9.17) is 0 Å². The molecule has 0 aromatic heterocycles. The molecule has 0 aromatic carbocycles. The van der Waals surface area contributed by atoms with Crippen molar-refractivity contribution in [2.24, 2.45) is 5.92 Å². The van der Waals surface area contributed by atoms with Crippen molar-refractivity contribution >= 4 is 0 Å². The van der Waals surface area contributed by atoms with Crippen LogP contribution in [-0.4, -0.2) is 42.1 Å². The zero-order valence-electron chi connectivity index (χ0n) is 12.4. The SMILES string of the molecule is CCN1CCN(CC)C1C(C)CCC=C(C)C. The summed E-state index contributed by atoms with van der Waals surface area (Å²) >= 11 is 0. The largest absolute Gasteiger partial charge is 0.287 e. The number of allylic oxidation sites excluding steroid dienone is 2. The average molecular weight is 238 g/mol. The first kappa shape index (κ1) is 14.7. The van der Waals surface area contributed by atoms with E-state index < -0.39 is 0 Å². The minimum absolute atomic E-state index is 0.676. The Labute approximate surface area is 108 Å². The fourth-order valence-corrected chi connectivity index (χ4v) is 2.95. The van der Waals surface area contributed by atoms with Crippen LogP contribution in [0.25, 0.3) is 0 Å². The molecule has 0 N–H and O–H groups in total. The summed E-state index contributed by atoms with van der Waals surface area (Å²) in [5, 5.41) is 0. The van der Waals surface area contributed by atoms with Gasteiger partial charge in [0.25, 0.3) is 0 Å². The maximum Gasteiger partial charge on any atom is 0.0649 e. The maximum absolute atomic E-state index is 2.64. The van der Waals surface area contributed by atoms with E-state index in [1.54, 1.807) is 0 Å². The summed E-state index contributed by atoms with van der Waals surface area (Å²) in [4.78, 5) is 5.27. The highest BCUT2D eigenvalue weighted by Gasteiger charge is 2.33. The molecule has 17 heavy (non-hydrogen) atoms.